The van der Waals surface area contributed by atoms with Crippen molar-refractivity contribution in [3.05, 3.63) is 29.3 Å². The molecule has 1 aromatic carbocycles. The molecule has 1 N–H and O–H groups in total. The minimum atomic E-state index is 0.520. The Morgan fingerprint density at radius 3 is 2.57 bits per heavy atom. The van der Waals surface area contributed by atoms with Gasteiger partial charge in [-0.3, -0.25) is 0 Å². The van der Waals surface area contributed by atoms with E-state index in [1.165, 1.54) is 49.7 Å². The molecule has 3 rings (SSSR count). The normalized spacial score (nSPS) is 32.5. The fourth-order valence-electron chi connectivity index (χ4n) is 4.44. The molecule has 2 nitrogen and oxygen atoms in total. The summed E-state index contributed by atoms with van der Waals surface area (Å²) in [6, 6.07) is 7.82. The number of hydrogen-bond donors (Lipinski definition) is 1. The molecule has 0 radical (unpaired) electrons. The van der Waals surface area contributed by atoms with E-state index in [0.717, 1.165) is 17.6 Å². The van der Waals surface area contributed by atoms with Gasteiger partial charge in [0, 0.05) is 12.1 Å². The lowest BCUT2D eigenvalue weighted by atomic mass is 9.79. The molecule has 3 atom stereocenters. The van der Waals surface area contributed by atoms with Crippen LogP contribution >= 0.6 is 0 Å². The van der Waals surface area contributed by atoms with Gasteiger partial charge in [-0.05, 0) is 73.6 Å². The highest BCUT2D eigenvalue weighted by atomic mass is 16.5. The quantitative estimate of drug-likeness (QED) is 0.884. The summed E-state index contributed by atoms with van der Waals surface area (Å²) in [5, 5.41) is 3.97. The third-order valence-electron chi connectivity index (χ3n) is 5.28. The second-order valence-corrected chi connectivity index (χ2v) is 7.29. The van der Waals surface area contributed by atoms with Gasteiger partial charge >= 0.3 is 0 Å². The van der Waals surface area contributed by atoms with E-state index in [4.69, 9.17) is 4.74 Å². The molecule has 0 aromatic heterocycles. The van der Waals surface area contributed by atoms with Gasteiger partial charge in [0.05, 0.1) is 7.11 Å². The topological polar surface area (TPSA) is 21.3 Å². The van der Waals surface area contributed by atoms with Crippen LogP contribution in [0.5, 0.6) is 5.75 Å². The number of methoxy groups -OCH3 is 1. The monoisotopic (exact) mass is 287 g/mol. The molecule has 0 aliphatic heterocycles. The van der Waals surface area contributed by atoms with Gasteiger partial charge in [-0.15, -0.1) is 0 Å². The number of benzene rings is 1. The van der Waals surface area contributed by atoms with Crippen molar-refractivity contribution in [2.75, 3.05) is 7.11 Å². The molecule has 2 aliphatic carbocycles. The molecule has 0 saturated heterocycles. The van der Waals surface area contributed by atoms with Crippen LogP contribution in [0.2, 0.25) is 0 Å². The van der Waals surface area contributed by atoms with Gasteiger partial charge in [-0.25, -0.2) is 0 Å². The van der Waals surface area contributed by atoms with Crippen LogP contribution in [0.25, 0.3) is 0 Å². The van der Waals surface area contributed by atoms with Crippen molar-refractivity contribution < 1.29 is 4.74 Å². The first-order valence-corrected chi connectivity index (χ1v) is 8.58. The number of hydrogen-bond acceptors (Lipinski definition) is 2. The Hall–Kier alpha value is -1.02. The molecule has 0 amide bonds. The number of aryl methyl sites for hydroxylation is 1. The zero-order valence-corrected chi connectivity index (χ0v) is 13.7. The molecule has 1 fully saturated rings. The first-order valence-electron chi connectivity index (χ1n) is 8.58. The Morgan fingerprint density at radius 1 is 1.10 bits per heavy atom. The minimum Gasteiger partial charge on any atom is -0.497 e. The van der Waals surface area contributed by atoms with E-state index in [0.29, 0.717) is 12.1 Å². The number of fused-ring (bicyclic) bond motifs is 1. The van der Waals surface area contributed by atoms with Crippen molar-refractivity contribution in [3.63, 3.8) is 0 Å². The average Bonchev–Trinajstić information content (AvgIpc) is 2.46. The summed E-state index contributed by atoms with van der Waals surface area (Å²) in [5.41, 5.74) is 2.99. The van der Waals surface area contributed by atoms with E-state index in [9.17, 15) is 0 Å². The third-order valence-corrected chi connectivity index (χ3v) is 5.28. The van der Waals surface area contributed by atoms with Crippen molar-refractivity contribution >= 4 is 0 Å². The molecular weight excluding hydrogens is 258 g/mol. The fourth-order valence-corrected chi connectivity index (χ4v) is 4.44. The molecule has 0 heterocycles. The molecule has 2 aliphatic rings. The summed E-state index contributed by atoms with van der Waals surface area (Å²) in [6.07, 6.45) is 7.84. The lowest BCUT2D eigenvalue weighted by Gasteiger charge is -2.36. The predicted octanol–water partition coefficient (Wildman–Crippen LogP) is 4.49. The van der Waals surface area contributed by atoms with E-state index < -0.39 is 0 Å². The van der Waals surface area contributed by atoms with Gasteiger partial charge < -0.3 is 10.1 Å². The lowest BCUT2D eigenvalue weighted by molar-refractivity contribution is 0.220. The van der Waals surface area contributed by atoms with E-state index in [2.05, 4.69) is 37.4 Å². The van der Waals surface area contributed by atoms with Crippen LogP contribution in [0.1, 0.15) is 63.1 Å². The lowest BCUT2D eigenvalue weighted by Crippen LogP contribution is -2.39. The Kier molecular flexibility index (Phi) is 4.54. The maximum atomic E-state index is 5.42. The van der Waals surface area contributed by atoms with Crippen molar-refractivity contribution in [1.29, 1.82) is 0 Å². The highest BCUT2D eigenvalue weighted by molar-refractivity contribution is 5.39. The van der Waals surface area contributed by atoms with Crippen LogP contribution in [0, 0.1) is 11.8 Å². The highest BCUT2D eigenvalue weighted by Gasteiger charge is 2.28. The first-order chi connectivity index (χ1) is 10.2. The number of nitrogens with one attached hydrogen (secondary N) is 1. The van der Waals surface area contributed by atoms with E-state index in [-0.39, 0.29) is 0 Å². The predicted molar refractivity (Wildman–Crippen MR) is 87.8 cm³/mol. The van der Waals surface area contributed by atoms with Crippen molar-refractivity contribution in [1.82, 2.24) is 5.32 Å². The maximum Gasteiger partial charge on any atom is 0.119 e. The zero-order chi connectivity index (χ0) is 14.8. The number of ether oxygens (including phenoxy) is 1. The Labute approximate surface area is 129 Å². The van der Waals surface area contributed by atoms with E-state index in [1.807, 2.05) is 0 Å². The zero-order valence-electron chi connectivity index (χ0n) is 13.7. The van der Waals surface area contributed by atoms with Crippen LogP contribution in [0.3, 0.4) is 0 Å². The molecule has 2 heteroatoms. The van der Waals surface area contributed by atoms with Crippen molar-refractivity contribution in [2.24, 2.45) is 11.8 Å². The first kappa shape index (κ1) is 14.9. The summed E-state index contributed by atoms with van der Waals surface area (Å²) in [5.74, 6) is 2.71. The van der Waals surface area contributed by atoms with Crippen LogP contribution < -0.4 is 10.1 Å². The summed E-state index contributed by atoms with van der Waals surface area (Å²) in [7, 11) is 1.76. The fraction of sp³-hybridized carbons (Fsp3) is 0.684. The van der Waals surface area contributed by atoms with Gasteiger partial charge in [-0.1, -0.05) is 19.9 Å². The summed E-state index contributed by atoms with van der Waals surface area (Å²) < 4.78 is 5.42. The second kappa shape index (κ2) is 6.39. The summed E-state index contributed by atoms with van der Waals surface area (Å²) >= 11 is 0. The Bertz CT molecular complexity index is 474. The van der Waals surface area contributed by atoms with E-state index in [1.54, 1.807) is 7.11 Å². The van der Waals surface area contributed by atoms with Crippen LogP contribution in [-0.4, -0.2) is 13.2 Å². The maximum absolute atomic E-state index is 5.42. The van der Waals surface area contributed by atoms with E-state index >= 15 is 0 Å². The minimum absolute atomic E-state index is 0.520. The highest BCUT2D eigenvalue weighted by Crippen LogP contribution is 2.35. The molecular formula is C19H29NO. The standard InChI is InChI=1S/C19H29NO/c1-13-9-14(2)11-16(10-13)20-19-6-4-5-15-7-8-17(21-3)12-18(15)19/h7-8,12-14,16,19-20H,4-6,9-11H2,1-3H3. The number of rotatable bonds is 3. The van der Waals surface area contributed by atoms with Gasteiger partial charge in [0.1, 0.15) is 5.75 Å². The van der Waals surface area contributed by atoms with Crippen molar-refractivity contribution in [2.45, 2.75) is 64.5 Å². The molecule has 0 spiro atoms. The average molecular weight is 287 g/mol. The molecule has 3 unspecified atom stereocenters. The molecule has 116 valence electrons. The summed E-state index contributed by atoms with van der Waals surface area (Å²) in [4.78, 5) is 0. The van der Waals surface area contributed by atoms with Crippen LogP contribution in [0.15, 0.2) is 18.2 Å². The van der Waals surface area contributed by atoms with Crippen LogP contribution in [-0.2, 0) is 6.42 Å². The van der Waals surface area contributed by atoms with Gasteiger partial charge in [-0.2, -0.15) is 0 Å². The molecule has 1 saturated carbocycles. The molecule has 0 bridgehead atoms. The molecule has 21 heavy (non-hydrogen) atoms. The Morgan fingerprint density at radius 2 is 1.86 bits per heavy atom. The SMILES string of the molecule is COc1ccc2c(c1)C(NC1CC(C)CC(C)C1)CCC2. The third kappa shape index (κ3) is 3.42. The Balaban J connectivity index is 1.75. The van der Waals surface area contributed by atoms with Gasteiger partial charge in [0.2, 0.25) is 0 Å². The van der Waals surface area contributed by atoms with Gasteiger partial charge in [0.15, 0.2) is 0 Å². The summed E-state index contributed by atoms with van der Waals surface area (Å²) in [6.45, 7) is 4.81. The smallest absolute Gasteiger partial charge is 0.119 e. The largest absolute Gasteiger partial charge is 0.497 e. The second-order valence-electron chi connectivity index (χ2n) is 7.29. The molecule has 1 aromatic rings. The van der Waals surface area contributed by atoms with Crippen LogP contribution in [0.4, 0.5) is 0 Å². The van der Waals surface area contributed by atoms with Gasteiger partial charge in [0.25, 0.3) is 0 Å². The van der Waals surface area contributed by atoms with Crippen molar-refractivity contribution in [3.8, 4) is 5.75 Å².